The van der Waals surface area contributed by atoms with Gasteiger partial charge in [-0.1, -0.05) is 51.1 Å². The van der Waals surface area contributed by atoms with E-state index in [1.54, 1.807) is 6.20 Å². The summed E-state index contributed by atoms with van der Waals surface area (Å²) in [5.41, 5.74) is 3.33. The van der Waals surface area contributed by atoms with Gasteiger partial charge in [0.25, 0.3) is 5.89 Å². The molecule has 2 aromatic heterocycles. The molecule has 6 nitrogen and oxygen atoms in total. The molecule has 0 bridgehead atoms. The van der Waals surface area contributed by atoms with Gasteiger partial charge in [0.05, 0.1) is 0 Å². The fraction of sp³-hybridized carbons (Fsp3) is 0.367. The lowest BCUT2D eigenvalue weighted by Crippen LogP contribution is -2.43. The molecule has 192 valence electrons. The first-order valence-electron chi connectivity index (χ1n) is 13.0. The molecule has 1 aliphatic carbocycles. The number of aromatic nitrogens is 3. The van der Waals surface area contributed by atoms with Crippen molar-refractivity contribution < 1.29 is 13.6 Å². The van der Waals surface area contributed by atoms with Crippen LogP contribution < -0.4 is 4.74 Å². The molecule has 0 fully saturated rings. The number of fused-ring (bicyclic) bond motifs is 1. The van der Waals surface area contributed by atoms with E-state index in [0.29, 0.717) is 17.5 Å². The predicted octanol–water partition coefficient (Wildman–Crippen LogP) is 7.79. The molecular formula is C30H35N3O3Si. The molecule has 37 heavy (non-hydrogen) atoms. The lowest BCUT2D eigenvalue weighted by molar-refractivity contribution is 0.0830. The number of hydrogen-bond acceptors (Lipinski definition) is 6. The molecule has 0 saturated heterocycles. The number of para-hydroxylation sites is 1. The Morgan fingerprint density at radius 2 is 1.70 bits per heavy atom. The quantitative estimate of drug-likeness (QED) is 0.235. The monoisotopic (exact) mass is 513 g/mol. The minimum Gasteiger partial charge on any atom is -0.457 e. The molecule has 2 heterocycles. The van der Waals surface area contributed by atoms with Crippen molar-refractivity contribution in [3.05, 3.63) is 89.9 Å². The van der Waals surface area contributed by atoms with E-state index in [0.717, 1.165) is 30.8 Å². The van der Waals surface area contributed by atoms with E-state index >= 15 is 0 Å². The number of hydrogen-bond donors (Lipinski definition) is 0. The number of benzene rings is 2. The van der Waals surface area contributed by atoms with Gasteiger partial charge in [0.2, 0.25) is 5.89 Å². The first-order valence-corrected chi connectivity index (χ1v) is 15.9. The predicted molar refractivity (Wildman–Crippen MR) is 147 cm³/mol. The van der Waals surface area contributed by atoms with Crippen LogP contribution in [0.4, 0.5) is 0 Å². The van der Waals surface area contributed by atoms with E-state index in [2.05, 4.69) is 67.2 Å². The van der Waals surface area contributed by atoms with Gasteiger partial charge in [-0.3, -0.25) is 4.98 Å². The van der Waals surface area contributed by atoms with Gasteiger partial charge in [-0.2, -0.15) is 0 Å². The molecule has 0 aliphatic heterocycles. The van der Waals surface area contributed by atoms with Crippen LogP contribution in [0.25, 0.3) is 11.6 Å². The third kappa shape index (κ3) is 5.68. The SMILES string of the molecule is CC(C)(C)[Si](C)(C)OC(c1nnc(-c2ccccn2)o1)C1CCc2cc(Oc3ccccc3)ccc2C1. The summed E-state index contributed by atoms with van der Waals surface area (Å²) in [5.74, 6) is 2.93. The molecule has 0 amide bonds. The molecule has 0 radical (unpaired) electrons. The van der Waals surface area contributed by atoms with Gasteiger partial charge in [0.1, 0.15) is 23.3 Å². The van der Waals surface area contributed by atoms with Crippen molar-refractivity contribution in [3.63, 3.8) is 0 Å². The second-order valence-corrected chi connectivity index (χ2v) is 16.1. The number of nitrogens with zero attached hydrogens (tertiary/aromatic N) is 3. The first kappa shape index (κ1) is 25.4. The number of pyridine rings is 1. The van der Waals surface area contributed by atoms with Crippen molar-refractivity contribution in [2.75, 3.05) is 0 Å². The molecule has 1 aliphatic rings. The standard InChI is InChI=1S/C30H35N3O3Si/c1-30(2,3)37(4,5)36-27(29-33-32-28(35-29)26-13-9-10-18-31-26)23-15-14-22-20-25(17-16-21(22)19-23)34-24-11-7-6-8-12-24/h6-13,16-18,20,23,27H,14-15,19H2,1-5H3. The van der Waals surface area contributed by atoms with Crippen molar-refractivity contribution in [1.82, 2.24) is 15.2 Å². The Kier molecular flexibility index (Phi) is 7.01. The maximum Gasteiger partial charge on any atom is 0.266 e. The summed E-state index contributed by atoms with van der Waals surface area (Å²) in [4.78, 5) is 4.38. The van der Waals surface area contributed by atoms with Gasteiger partial charge in [-0.05, 0) is 90.8 Å². The molecule has 2 atom stereocenters. The second kappa shape index (κ2) is 10.2. The Morgan fingerprint density at radius 1 is 0.919 bits per heavy atom. The summed E-state index contributed by atoms with van der Waals surface area (Å²) in [6, 6.07) is 22.0. The minimum absolute atomic E-state index is 0.0609. The van der Waals surface area contributed by atoms with Gasteiger partial charge < -0.3 is 13.6 Å². The van der Waals surface area contributed by atoms with E-state index in [4.69, 9.17) is 13.6 Å². The fourth-order valence-corrected chi connectivity index (χ4v) is 5.77. The van der Waals surface area contributed by atoms with Crippen LogP contribution in [-0.2, 0) is 17.3 Å². The van der Waals surface area contributed by atoms with Gasteiger partial charge in [0, 0.05) is 6.20 Å². The summed E-state index contributed by atoms with van der Waals surface area (Å²) < 4.78 is 19.3. The normalized spacial score (nSPS) is 16.7. The second-order valence-electron chi connectivity index (χ2n) is 11.3. The average Bonchev–Trinajstić information content (AvgIpc) is 3.38. The summed E-state index contributed by atoms with van der Waals surface area (Å²) in [6.45, 7) is 11.3. The van der Waals surface area contributed by atoms with Crippen LogP contribution in [0.5, 0.6) is 11.5 Å². The van der Waals surface area contributed by atoms with Gasteiger partial charge in [-0.25, -0.2) is 0 Å². The Hall–Kier alpha value is -3.29. The van der Waals surface area contributed by atoms with Crippen LogP contribution in [0.15, 0.2) is 77.3 Å². The topological polar surface area (TPSA) is 70.3 Å². The zero-order chi connectivity index (χ0) is 26.0. The van der Waals surface area contributed by atoms with Crippen molar-refractivity contribution in [2.24, 2.45) is 5.92 Å². The molecule has 0 N–H and O–H groups in total. The van der Waals surface area contributed by atoms with E-state index in [1.807, 2.05) is 48.5 Å². The third-order valence-electron chi connectivity index (χ3n) is 7.65. The minimum atomic E-state index is -2.11. The average molecular weight is 514 g/mol. The van der Waals surface area contributed by atoms with Crippen molar-refractivity contribution >= 4 is 8.32 Å². The van der Waals surface area contributed by atoms with Crippen LogP contribution in [0.1, 0.15) is 50.3 Å². The molecule has 7 heteroatoms. The zero-order valence-electron chi connectivity index (χ0n) is 22.3. The molecule has 0 spiro atoms. The number of aryl methyl sites for hydroxylation is 1. The van der Waals surface area contributed by atoms with Crippen LogP contribution in [0, 0.1) is 5.92 Å². The Bertz CT molecular complexity index is 1330. The van der Waals surface area contributed by atoms with Gasteiger partial charge in [0.15, 0.2) is 8.32 Å². The zero-order valence-corrected chi connectivity index (χ0v) is 23.3. The van der Waals surface area contributed by atoms with E-state index < -0.39 is 8.32 Å². The number of ether oxygens (including phenoxy) is 1. The highest BCUT2D eigenvalue weighted by Crippen LogP contribution is 2.44. The Balaban J connectivity index is 1.41. The summed E-state index contributed by atoms with van der Waals surface area (Å²) in [6.07, 6.45) is 4.28. The molecule has 2 unspecified atom stereocenters. The highest BCUT2D eigenvalue weighted by Gasteiger charge is 2.43. The van der Waals surface area contributed by atoms with E-state index in [1.165, 1.54) is 11.1 Å². The fourth-order valence-electron chi connectivity index (χ4n) is 4.49. The third-order valence-corrected chi connectivity index (χ3v) is 12.1. The molecular weight excluding hydrogens is 478 g/mol. The highest BCUT2D eigenvalue weighted by molar-refractivity contribution is 6.74. The van der Waals surface area contributed by atoms with Crippen LogP contribution in [0.2, 0.25) is 18.1 Å². The van der Waals surface area contributed by atoms with Crippen LogP contribution >= 0.6 is 0 Å². The van der Waals surface area contributed by atoms with Gasteiger partial charge in [-0.15, -0.1) is 10.2 Å². The molecule has 2 aromatic carbocycles. The van der Waals surface area contributed by atoms with E-state index in [9.17, 15) is 0 Å². The van der Waals surface area contributed by atoms with Gasteiger partial charge >= 0.3 is 0 Å². The Labute approximate surface area is 220 Å². The first-order chi connectivity index (χ1) is 17.7. The van der Waals surface area contributed by atoms with E-state index in [-0.39, 0.29) is 17.1 Å². The molecule has 4 aromatic rings. The largest absolute Gasteiger partial charge is 0.457 e. The number of rotatable bonds is 7. The maximum absolute atomic E-state index is 6.99. The van der Waals surface area contributed by atoms with Crippen molar-refractivity contribution in [3.8, 4) is 23.1 Å². The summed E-state index contributed by atoms with van der Waals surface area (Å²) in [5, 5.41) is 8.86. The summed E-state index contributed by atoms with van der Waals surface area (Å²) in [7, 11) is -2.11. The highest BCUT2D eigenvalue weighted by atomic mass is 28.4. The van der Waals surface area contributed by atoms with Crippen molar-refractivity contribution in [1.29, 1.82) is 0 Å². The molecule has 5 rings (SSSR count). The van der Waals surface area contributed by atoms with Crippen LogP contribution in [0.3, 0.4) is 0 Å². The molecule has 0 saturated carbocycles. The van der Waals surface area contributed by atoms with Crippen LogP contribution in [-0.4, -0.2) is 23.5 Å². The smallest absolute Gasteiger partial charge is 0.266 e. The Morgan fingerprint density at radius 3 is 2.43 bits per heavy atom. The lowest BCUT2D eigenvalue weighted by atomic mass is 9.81. The lowest BCUT2D eigenvalue weighted by Gasteiger charge is -2.41. The summed E-state index contributed by atoms with van der Waals surface area (Å²) >= 11 is 0. The maximum atomic E-state index is 6.99. The van der Waals surface area contributed by atoms with Crippen molar-refractivity contribution in [2.45, 2.75) is 64.3 Å².